The molecule has 1 aromatic rings. The van der Waals surface area contributed by atoms with Crippen LogP contribution in [0.4, 0.5) is 0 Å². The Bertz CT molecular complexity index is 197. The third-order valence-electron chi connectivity index (χ3n) is 1.85. The lowest BCUT2D eigenvalue weighted by atomic mass is 10.0. The minimum Gasteiger partial charge on any atom is -0.151 e. The SMILES string of the molecule is [C]1SCCCC1c1cccs1. The van der Waals surface area contributed by atoms with Crippen molar-refractivity contribution in [3.8, 4) is 0 Å². The lowest BCUT2D eigenvalue weighted by molar-refractivity contribution is 0.707. The largest absolute Gasteiger partial charge is 0.151 e. The Morgan fingerprint density at radius 2 is 2.55 bits per heavy atom. The van der Waals surface area contributed by atoms with Gasteiger partial charge in [0.15, 0.2) is 0 Å². The zero-order valence-electron chi connectivity index (χ0n) is 6.25. The van der Waals surface area contributed by atoms with Gasteiger partial charge in [0.25, 0.3) is 0 Å². The highest BCUT2D eigenvalue weighted by atomic mass is 32.2. The van der Waals surface area contributed by atoms with Crippen molar-refractivity contribution in [3.05, 3.63) is 28.1 Å². The van der Waals surface area contributed by atoms with Crippen molar-refractivity contribution < 1.29 is 0 Å². The van der Waals surface area contributed by atoms with Gasteiger partial charge in [-0.2, -0.15) is 11.8 Å². The molecule has 11 heavy (non-hydrogen) atoms. The molecule has 1 atom stereocenters. The van der Waals surface area contributed by atoms with E-state index in [9.17, 15) is 0 Å². The molecule has 0 nitrogen and oxygen atoms in total. The van der Waals surface area contributed by atoms with Gasteiger partial charge >= 0.3 is 0 Å². The van der Waals surface area contributed by atoms with E-state index in [1.807, 2.05) is 23.1 Å². The molecule has 1 aliphatic heterocycles. The van der Waals surface area contributed by atoms with Crippen molar-refractivity contribution >= 4 is 23.1 Å². The zero-order valence-corrected chi connectivity index (χ0v) is 7.88. The molecule has 0 aliphatic carbocycles. The molecule has 1 unspecified atom stereocenters. The Balaban J connectivity index is 2.04. The molecule has 2 heteroatoms. The van der Waals surface area contributed by atoms with E-state index in [4.69, 9.17) is 0 Å². The Morgan fingerprint density at radius 3 is 3.18 bits per heavy atom. The topological polar surface area (TPSA) is 0 Å². The number of thioether (sulfide) groups is 1. The van der Waals surface area contributed by atoms with Crippen LogP contribution >= 0.6 is 23.1 Å². The van der Waals surface area contributed by atoms with Crippen LogP contribution in [0.25, 0.3) is 0 Å². The second-order valence-electron chi connectivity index (χ2n) is 2.68. The molecular weight excluding hydrogens is 172 g/mol. The van der Waals surface area contributed by atoms with Crippen LogP contribution in [0.5, 0.6) is 0 Å². The normalized spacial score (nSPS) is 25.3. The van der Waals surface area contributed by atoms with Crippen LogP contribution in [0.3, 0.4) is 0 Å². The summed E-state index contributed by atoms with van der Waals surface area (Å²) in [7, 11) is 0. The van der Waals surface area contributed by atoms with Crippen molar-refractivity contribution in [2.24, 2.45) is 0 Å². The Labute approximate surface area is 76.0 Å². The Kier molecular flexibility index (Phi) is 2.54. The maximum Gasteiger partial charge on any atom is 0.0570 e. The maximum absolute atomic E-state index is 3.45. The fourth-order valence-corrected chi connectivity index (χ4v) is 3.03. The average molecular weight is 182 g/mol. The number of hydrogen-bond donors (Lipinski definition) is 0. The van der Waals surface area contributed by atoms with E-state index in [1.54, 1.807) is 0 Å². The standard InChI is InChI=1S/C9H10S2/c1-3-8(7-10-5-1)9-4-2-6-11-9/h2,4,6,8H,1,3,5H2. The quantitative estimate of drug-likeness (QED) is 0.641. The van der Waals surface area contributed by atoms with Crippen LogP contribution in [0.2, 0.25) is 0 Å². The zero-order chi connectivity index (χ0) is 7.52. The van der Waals surface area contributed by atoms with Gasteiger partial charge in [-0.05, 0) is 30.0 Å². The van der Waals surface area contributed by atoms with Crippen molar-refractivity contribution in [1.29, 1.82) is 0 Å². The van der Waals surface area contributed by atoms with Crippen LogP contribution in [-0.2, 0) is 0 Å². The third-order valence-corrected chi connectivity index (χ3v) is 3.78. The lowest BCUT2D eigenvalue weighted by Gasteiger charge is -2.18. The fourth-order valence-electron chi connectivity index (χ4n) is 1.27. The summed E-state index contributed by atoms with van der Waals surface area (Å²) in [6.45, 7) is 0. The first kappa shape index (κ1) is 7.69. The first-order valence-corrected chi connectivity index (χ1v) is 5.74. The molecular formula is C9H10S2. The third kappa shape index (κ3) is 1.79. The van der Waals surface area contributed by atoms with Crippen LogP contribution < -0.4 is 0 Å². The predicted molar refractivity (Wildman–Crippen MR) is 52.0 cm³/mol. The molecule has 0 bridgehead atoms. The van der Waals surface area contributed by atoms with Gasteiger partial charge < -0.3 is 0 Å². The van der Waals surface area contributed by atoms with E-state index in [0.717, 1.165) is 0 Å². The predicted octanol–water partition coefficient (Wildman–Crippen LogP) is 3.40. The van der Waals surface area contributed by atoms with Crippen LogP contribution in [-0.4, -0.2) is 5.75 Å². The molecule has 58 valence electrons. The van der Waals surface area contributed by atoms with E-state index >= 15 is 0 Å². The van der Waals surface area contributed by atoms with Gasteiger partial charge in [0.2, 0.25) is 0 Å². The maximum atomic E-state index is 3.45. The summed E-state index contributed by atoms with van der Waals surface area (Å²) in [5.74, 6) is 5.33. The van der Waals surface area contributed by atoms with Gasteiger partial charge in [0, 0.05) is 10.8 Å². The minimum absolute atomic E-state index is 0.619. The summed E-state index contributed by atoms with van der Waals surface area (Å²) in [4.78, 5) is 1.48. The molecule has 0 N–H and O–H groups in total. The molecule has 0 amide bonds. The molecule has 1 aromatic heterocycles. The van der Waals surface area contributed by atoms with E-state index in [0.29, 0.717) is 5.92 Å². The highest BCUT2D eigenvalue weighted by Gasteiger charge is 2.16. The average Bonchev–Trinajstić information content (AvgIpc) is 2.58. The van der Waals surface area contributed by atoms with Gasteiger partial charge in [-0.1, -0.05) is 6.07 Å². The van der Waals surface area contributed by atoms with E-state index in [1.165, 1.54) is 23.5 Å². The summed E-state index contributed by atoms with van der Waals surface area (Å²) in [6, 6.07) is 4.34. The fraction of sp³-hybridized carbons (Fsp3) is 0.444. The van der Waals surface area contributed by atoms with Gasteiger partial charge in [-0.15, -0.1) is 11.3 Å². The molecule has 0 spiro atoms. The van der Waals surface area contributed by atoms with Crippen molar-refractivity contribution in [2.75, 3.05) is 5.75 Å². The van der Waals surface area contributed by atoms with E-state index in [2.05, 4.69) is 23.3 Å². The highest BCUT2D eigenvalue weighted by Crippen LogP contribution is 2.36. The number of thiophene rings is 1. The van der Waals surface area contributed by atoms with Gasteiger partial charge in [-0.25, -0.2) is 0 Å². The molecule has 1 saturated heterocycles. The molecule has 0 saturated carbocycles. The molecule has 0 aromatic carbocycles. The summed E-state index contributed by atoms with van der Waals surface area (Å²) < 4.78 is 0. The van der Waals surface area contributed by atoms with Crippen LogP contribution in [0.15, 0.2) is 17.5 Å². The first-order chi connectivity index (χ1) is 5.47. The Hall–Kier alpha value is 0.0500. The van der Waals surface area contributed by atoms with Crippen molar-refractivity contribution in [2.45, 2.75) is 18.8 Å². The van der Waals surface area contributed by atoms with Gasteiger partial charge in [0.1, 0.15) is 0 Å². The van der Waals surface area contributed by atoms with Crippen molar-refractivity contribution in [1.82, 2.24) is 0 Å². The van der Waals surface area contributed by atoms with E-state index in [-0.39, 0.29) is 0 Å². The summed E-state index contributed by atoms with van der Waals surface area (Å²) in [6.07, 6.45) is 2.65. The summed E-state index contributed by atoms with van der Waals surface area (Å²) in [5.41, 5.74) is 0. The van der Waals surface area contributed by atoms with Gasteiger partial charge in [0.05, 0.1) is 5.75 Å². The smallest absolute Gasteiger partial charge is 0.0570 e. The second-order valence-corrected chi connectivity index (χ2v) is 4.59. The second kappa shape index (κ2) is 3.63. The van der Waals surface area contributed by atoms with Gasteiger partial charge in [-0.3, -0.25) is 0 Å². The monoisotopic (exact) mass is 182 g/mol. The molecule has 2 radical (unpaired) electrons. The van der Waals surface area contributed by atoms with Crippen LogP contribution in [0.1, 0.15) is 23.6 Å². The lowest BCUT2D eigenvalue weighted by Crippen LogP contribution is -2.02. The van der Waals surface area contributed by atoms with Crippen molar-refractivity contribution in [3.63, 3.8) is 0 Å². The summed E-state index contributed by atoms with van der Waals surface area (Å²) in [5, 5.41) is 2.15. The number of rotatable bonds is 1. The summed E-state index contributed by atoms with van der Waals surface area (Å²) >= 11 is 3.71. The number of hydrogen-bond acceptors (Lipinski definition) is 2. The molecule has 1 aliphatic rings. The Morgan fingerprint density at radius 1 is 1.55 bits per heavy atom. The van der Waals surface area contributed by atoms with E-state index < -0.39 is 0 Å². The highest BCUT2D eigenvalue weighted by molar-refractivity contribution is 8.01. The van der Waals surface area contributed by atoms with Crippen LogP contribution in [0, 0.1) is 5.75 Å². The first-order valence-electron chi connectivity index (χ1n) is 3.87. The minimum atomic E-state index is 0.619. The molecule has 1 fully saturated rings. The molecule has 2 heterocycles. The molecule has 2 rings (SSSR count).